The molecule has 4 aromatic rings. The van der Waals surface area contributed by atoms with Gasteiger partial charge in [0.05, 0.1) is 4.47 Å². The van der Waals surface area contributed by atoms with Crippen molar-refractivity contribution in [3.63, 3.8) is 0 Å². The summed E-state index contributed by atoms with van der Waals surface area (Å²) in [6.45, 7) is 3.97. The molecule has 0 spiro atoms. The molecular weight excluding hydrogens is 576 g/mol. The first-order valence-corrected chi connectivity index (χ1v) is 14.2. The van der Waals surface area contributed by atoms with Crippen molar-refractivity contribution in [3.05, 3.63) is 112 Å². The SMILES string of the molecule is CC[C@@H](C)NC(=O)[C@H](Cc1ccccc1)N(Cc1cccc(Cl)c1)C(=O)COc1ccc2ccccc2c1Br. The van der Waals surface area contributed by atoms with Gasteiger partial charge in [-0.25, -0.2) is 0 Å². The molecule has 2 amide bonds. The summed E-state index contributed by atoms with van der Waals surface area (Å²) in [7, 11) is 0. The minimum Gasteiger partial charge on any atom is -0.483 e. The summed E-state index contributed by atoms with van der Waals surface area (Å²) in [6.07, 6.45) is 1.15. The highest BCUT2D eigenvalue weighted by Gasteiger charge is 2.31. The fourth-order valence-corrected chi connectivity index (χ4v) is 5.20. The number of amides is 2. The maximum atomic E-state index is 13.8. The fraction of sp³-hybridized carbons (Fsp3) is 0.250. The number of nitrogens with one attached hydrogen (secondary N) is 1. The molecule has 4 rings (SSSR count). The average molecular weight is 608 g/mol. The van der Waals surface area contributed by atoms with E-state index < -0.39 is 6.04 Å². The van der Waals surface area contributed by atoms with Gasteiger partial charge in [-0.3, -0.25) is 9.59 Å². The quantitative estimate of drug-likeness (QED) is 0.196. The Bertz CT molecular complexity index is 1430. The molecule has 39 heavy (non-hydrogen) atoms. The second-order valence-corrected chi connectivity index (χ2v) is 10.8. The molecule has 0 saturated heterocycles. The van der Waals surface area contributed by atoms with Gasteiger partial charge in [-0.05, 0) is 69.4 Å². The molecule has 0 aliphatic carbocycles. The number of carbonyl (C=O) groups is 2. The molecule has 0 fully saturated rings. The van der Waals surface area contributed by atoms with E-state index in [4.69, 9.17) is 16.3 Å². The van der Waals surface area contributed by atoms with Crippen molar-refractivity contribution in [3.8, 4) is 5.75 Å². The molecule has 0 radical (unpaired) electrons. The van der Waals surface area contributed by atoms with Crippen molar-refractivity contribution >= 4 is 50.1 Å². The van der Waals surface area contributed by atoms with Crippen LogP contribution in [0.4, 0.5) is 0 Å². The van der Waals surface area contributed by atoms with E-state index in [9.17, 15) is 9.59 Å². The van der Waals surface area contributed by atoms with Crippen LogP contribution in [0.15, 0.2) is 95.5 Å². The molecule has 0 heterocycles. The molecule has 0 bridgehead atoms. The number of fused-ring (bicyclic) bond motifs is 1. The molecule has 4 aromatic carbocycles. The number of carbonyl (C=O) groups excluding carboxylic acids is 2. The summed E-state index contributed by atoms with van der Waals surface area (Å²) in [6, 6.07) is 28.1. The lowest BCUT2D eigenvalue weighted by Crippen LogP contribution is -2.53. The summed E-state index contributed by atoms with van der Waals surface area (Å²) in [4.78, 5) is 29.1. The number of nitrogens with zero attached hydrogens (tertiary/aromatic N) is 1. The molecular formula is C32H32BrClN2O3. The zero-order valence-electron chi connectivity index (χ0n) is 22.1. The van der Waals surface area contributed by atoms with Crippen LogP contribution in [0.2, 0.25) is 5.02 Å². The number of hydrogen-bond acceptors (Lipinski definition) is 3. The highest BCUT2D eigenvalue weighted by molar-refractivity contribution is 9.10. The second kappa shape index (κ2) is 13.6. The minimum absolute atomic E-state index is 0.0244. The maximum Gasteiger partial charge on any atom is 0.261 e. The van der Waals surface area contributed by atoms with Crippen LogP contribution < -0.4 is 10.1 Å². The van der Waals surface area contributed by atoms with E-state index in [-0.39, 0.29) is 31.0 Å². The van der Waals surface area contributed by atoms with Gasteiger partial charge in [0.25, 0.3) is 5.91 Å². The van der Waals surface area contributed by atoms with Crippen LogP contribution in [0.25, 0.3) is 10.8 Å². The van der Waals surface area contributed by atoms with Gasteiger partial charge < -0.3 is 15.0 Å². The van der Waals surface area contributed by atoms with Gasteiger partial charge in [0, 0.05) is 24.0 Å². The van der Waals surface area contributed by atoms with E-state index in [0.29, 0.717) is 17.2 Å². The van der Waals surface area contributed by atoms with Crippen LogP contribution in [-0.2, 0) is 22.6 Å². The normalized spacial score (nSPS) is 12.5. The van der Waals surface area contributed by atoms with Crippen LogP contribution in [-0.4, -0.2) is 35.4 Å². The van der Waals surface area contributed by atoms with Gasteiger partial charge >= 0.3 is 0 Å². The average Bonchev–Trinajstić information content (AvgIpc) is 2.95. The van der Waals surface area contributed by atoms with Gasteiger partial charge in [0.1, 0.15) is 11.8 Å². The Balaban J connectivity index is 1.64. The Kier molecular flexibility index (Phi) is 10.0. The summed E-state index contributed by atoms with van der Waals surface area (Å²) < 4.78 is 6.82. The van der Waals surface area contributed by atoms with Crippen molar-refractivity contribution < 1.29 is 14.3 Å². The summed E-state index contributed by atoms with van der Waals surface area (Å²) in [5.74, 6) is 0.0687. The third-order valence-electron chi connectivity index (χ3n) is 6.69. The number of rotatable bonds is 11. The standard InChI is InChI=1S/C32H32BrClN2O3/c1-3-22(2)35-32(38)28(19-23-10-5-4-6-11-23)36(20-24-12-9-14-26(34)18-24)30(37)21-39-29-17-16-25-13-7-8-15-27(25)31(29)33/h4-18,22,28H,3,19-21H2,1-2H3,(H,35,38)/t22-,28+/m1/s1. The van der Waals surface area contributed by atoms with E-state index in [0.717, 1.165) is 32.8 Å². The van der Waals surface area contributed by atoms with Crippen molar-refractivity contribution in [1.29, 1.82) is 0 Å². The van der Waals surface area contributed by atoms with Crippen LogP contribution in [0.3, 0.4) is 0 Å². The smallest absolute Gasteiger partial charge is 0.261 e. The molecule has 5 nitrogen and oxygen atoms in total. The van der Waals surface area contributed by atoms with Crippen molar-refractivity contribution in [1.82, 2.24) is 10.2 Å². The van der Waals surface area contributed by atoms with E-state index >= 15 is 0 Å². The Morgan fingerprint density at radius 3 is 2.41 bits per heavy atom. The number of ether oxygens (including phenoxy) is 1. The summed E-state index contributed by atoms with van der Waals surface area (Å²) >= 11 is 9.89. The molecule has 2 atom stereocenters. The van der Waals surface area contributed by atoms with E-state index in [1.807, 2.05) is 98.8 Å². The molecule has 202 valence electrons. The summed E-state index contributed by atoms with van der Waals surface area (Å²) in [5, 5.41) is 5.71. The molecule has 0 aliphatic heterocycles. The number of halogens is 2. The van der Waals surface area contributed by atoms with Gasteiger partial charge in [0.15, 0.2) is 6.61 Å². The highest BCUT2D eigenvalue weighted by Crippen LogP contribution is 2.33. The van der Waals surface area contributed by atoms with E-state index in [1.165, 1.54) is 0 Å². The lowest BCUT2D eigenvalue weighted by Gasteiger charge is -2.32. The third-order valence-corrected chi connectivity index (χ3v) is 7.75. The van der Waals surface area contributed by atoms with Crippen LogP contribution in [0.1, 0.15) is 31.4 Å². The van der Waals surface area contributed by atoms with Crippen LogP contribution >= 0.6 is 27.5 Å². The lowest BCUT2D eigenvalue weighted by atomic mass is 10.0. The highest BCUT2D eigenvalue weighted by atomic mass is 79.9. The van der Waals surface area contributed by atoms with E-state index in [2.05, 4.69) is 21.2 Å². The molecule has 0 aromatic heterocycles. The van der Waals surface area contributed by atoms with Crippen LogP contribution in [0.5, 0.6) is 5.75 Å². The topological polar surface area (TPSA) is 58.6 Å². The molecule has 0 aliphatic rings. The Labute approximate surface area is 243 Å². The molecule has 1 N–H and O–H groups in total. The Morgan fingerprint density at radius 2 is 1.67 bits per heavy atom. The maximum absolute atomic E-state index is 13.8. The monoisotopic (exact) mass is 606 g/mol. The third kappa shape index (κ3) is 7.61. The van der Waals surface area contributed by atoms with Crippen molar-refractivity contribution in [2.75, 3.05) is 6.61 Å². The minimum atomic E-state index is -0.739. The van der Waals surface area contributed by atoms with Gasteiger partial charge in [0.2, 0.25) is 5.91 Å². The largest absolute Gasteiger partial charge is 0.483 e. The van der Waals surface area contributed by atoms with E-state index in [1.54, 1.807) is 11.0 Å². The number of hydrogen-bond donors (Lipinski definition) is 1. The first-order chi connectivity index (χ1) is 18.9. The Hall–Kier alpha value is -3.35. The molecule has 7 heteroatoms. The second-order valence-electron chi connectivity index (χ2n) is 9.56. The van der Waals surface area contributed by atoms with Gasteiger partial charge in [-0.1, -0.05) is 91.3 Å². The fourth-order valence-electron chi connectivity index (χ4n) is 4.37. The van der Waals surface area contributed by atoms with Crippen molar-refractivity contribution in [2.45, 2.75) is 45.3 Å². The zero-order chi connectivity index (χ0) is 27.8. The predicted molar refractivity (Wildman–Crippen MR) is 161 cm³/mol. The van der Waals surface area contributed by atoms with Crippen LogP contribution in [0, 0.1) is 0 Å². The Morgan fingerprint density at radius 1 is 0.949 bits per heavy atom. The summed E-state index contributed by atoms with van der Waals surface area (Å²) in [5.41, 5.74) is 1.79. The van der Waals surface area contributed by atoms with Gasteiger partial charge in [-0.15, -0.1) is 0 Å². The molecule has 0 unspecified atom stereocenters. The first-order valence-electron chi connectivity index (χ1n) is 13.0. The lowest BCUT2D eigenvalue weighted by molar-refractivity contribution is -0.143. The van der Waals surface area contributed by atoms with Crippen molar-refractivity contribution in [2.24, 2.45) is 0 Å². The zero-order valence-corrected chi connectivity index (χ0v) is 24.4. The molecule has 0 saturated carbocycles. The van der Waals surface area contributed by atoms with Gasteiger partial charge in [-0.2, -0.15) is 0 Å². The first kappa shape index (κ1) is 28.7. The number of benzene rings is 4. The predicted octanol–water partition coefficient (Wildman–Crippen LogP) is 7.19.